The van der Waals surface area contributed by atoms with Gasteiger partial charge in [0.05, 0.1) is 6.54 Å². The molecule has 5 atom stereocenters. The minimum atomic E-state index is -1.17. The summed E-state index contributed by atoms with van der Waals surface area (Å²) in [7, 11) is 0. The van der Waals surface area contributed by atoms with Crippen molar-refractivity contribution in [2.45, 2.75) is 93.7 Å². The highest BCUT2D eigenvalue weighted by Gasteiger charge is 2.38. The number of likely N-dealkylation sites (tertiary alicyclic amines) is 1. The smallest absolute Gasteiger partial charge is 0.246 e. The first-order valence-corrected chi connectivity index (χ1v) is 22.3. The van der Waals surface area contributed by atoms with E-state index in [0.717, 1.165) is 27.5 Å². The monoisotopic (exact) mass is 904 g/mol. The molecule has 65 heavy (non-hydrogen) atoms. The highest BCUT2D eigenvalue weighted by atomic mass is 32.1. The fourth-order valence-electron chi connectivity index (χ4n) is 7.72. The molecule has 0 bridgehead atoms. The number of hydrogen-bond acceptors (Lipinski definition) is 9. The van der Waals surface area contributed by atoms with Crippen LogP contribution in [0.1, 0.15) is 62.6 Å². The number of amides is 7. The van der Waals surface area contributed by atoms with Gasteiger partial charge in [0.25, 0.3) is 0 Å². The van der Waals surface area contributed by atoms with Gasteiger partial charge in [0.2, 0.25) is 41.4 Å². The number of carbonyl (C=O) groups excluding carboxylic acids is 7. The number of primary amides is 1. The molecule has 0 spiro atoms. The minimum absolute atomic E-state index is 0.0597. The second-order valence-corrected chi connectivity index (χ2v) is 17.9. The van der Waals surface area contributed by atoms with Crippen molar-refractivity contribution in [3.05, 3.63) is 126 Å². The number of nitrogens with one attached hydrogen (secondary N) is 5. The largest absolute Gasteiger partial charge is 0.368 e. The van der Waals surface area contributed by atoms with E-state index in [4.69, 9.17) is 11.5 Å². The highest BCUT2D eigenvalue weighted by Crippen LogP contribution is 2.22. The van der Waals surface area contributed by atoms with Gasteiger partial charge in [-0.3, -0.25) is 33.6 Å². The third kappa shape index (κ3) is 15.0. The van der Waals surface area contributed by atoms with Crippen LogP contribution in [0.4, 0.5) is 0 Å². The third-order valence-electron chi connectivity index (χ3n) is 11.1. The van der Waals surface area contributed by atoms with E-state index in [1.807, 2.05) is 78.9 Å². The third-order valence-corrected chi connectivity index (χ3v) is 11.4. The van der Waals surface area contributed by atoms with Crippen LogP contribution in [0.5, 0.6) is 0 Å². The number of carbonyl (C=O) groups is 7. The topological polar surface area (TPSA) is 235 Å². The van der Waals surface area contributed by atoms with E-state index in [0.29, 0.717) is 32.2 Å². The van der Waals surface area contributed by atoms with Crippen LogP contribution in [0.2, 0.25) is 0 Å². The molecule has 16 heteroatoms. The average molecular weight is 905 g/mol. The molecule has 1 aliphatic rings. The lowest BCUT2D eigenvalue weighted by atomic mass is 10.00. The Bertz CT molecular complexity index is 2320. The van der Waals surface area contributed by atoms with Crippen LogP contribution in [0.15, 0.2) is 109 Å². The van der Waals surface area contributed by atoms with Crippen molar-refractivity contribution in [2.24, 2.45) is 11.5 Å². The lowest BCUT2D eigenvalue weighted by Crippen LogP contribution is -2.60. The van der Waals surface area contributed by atoms with Gasteiger partial charge in [0, 0.05) is 30.2 Å². The fourth-order valence-corrected chi connectivity index (χ4v) is 7.91. The van der Waals surface area contributed by atoms with Gasteiger partial charge >= 0.3 is 0 Å². The molecule has 0 aliphatic carbocycles. The summed E-state index contributed by atoms with van der Waals surface area (Å²) in [5.41, 5.74) is 13.7. The van der Waals surface area contributed by atoms with Crippen molar-refractivity contribution < 1.29 is 33.6 Å². The van der Waals surface area contributed by atoms with Crippen molar-refractivity contribution in [3.63, 3.8) is 0 Å². The maximum absolute atomic E-state index is 14.3. The summed E-state index contributed by atoms with van der Waals surface area (Å²) in [4.78, 5) is 96.1. The van der Waals surface area contributed by atoms with Gasteiger partial charge in [-0.25, -0.2) is 0 Å². The summed E-state index contributed by atoms with van der Waals surface area (Å²) in [6, 6.07) is 26.5. The molecule has 0 saturated carbocycles. The molecule has 1 heterocycles. The number of benzene rings is 4. The van der Waals surface area contributed by atoms with Crippen LogP contribution in [0, 0.1) is 0 Å². The van der Waals surface area contributed by atoms with Crippen molar-refractivity contribution in [3.8, 4) is 0 Å². The molecule has 344 valence electrons. The molecular weight excluding hydrogens is 845 g/mol. The second kappa shape index (κ2) is 24.0. The number of unbranched alkanes of at least 4 members (excludes halogenated alkanes) is 1. The summed E-state index contributed by atoms with van der Waals surface area (Å²) < 4.78 is -1.02. The quantitative estimate of drug-likeness (QED) is 0.0331. The van der Waals surface area contributed by atoms with Gasteiger partial charge in [-0.15, -0.1) is 0 Å². The van der Waals surface area contributed by atoms with Crippen molar-refractivity contribution in [1.29, 1.82) is 0 Å². The van der Waals surface area contributed by atoms with Gasteiger partial charge < -0.3 is 43.0 Å². The first-order chi connectivity index (χ1) is 31.1. The molecule has 1 fully saturated rings. The summed E-state index contributed by atoms with van der Waals surface area (Å²) in [6.07, 6.45) is 5.30. The van der Waals surface area contributed by atoms with Crippen LogP contribution in [0.25, 0.3) is 16.8 Å². The number of hydrogen-bond donors (Lipinski definition) is 8. The Morgan fingerprint density at radius 1 is 0.754 bits per heavy atom. The van der Waals surface area contributed by atoms with Gasteiger partial charge in [-0.05, 0) is 86.0 Å². The predicted octanol–water partition coefficient (Wildman–Crippen LogP) is 2.71. The highest BCUT2D eigenvalue weighted by molar-refractivity contribution is 7.81. The first-order valence-electron chi connectivity index (χ1n) is 21.9. The summed E-state index contributed by atoms with van der Waals surface area (Å²) in [5, 5.41) is 15.6. The van der Waals surface area contributed by atoms with Gasteiger partial charge in [0.15, 0.2) is 0 Å². The second-order valence-electron chi connectivity index (χ2n) is 16.8. The van der Waals surface area contributed by atoms with Crippen LogP contribution in [0.3, 0.4) is 0 Å². The summed E-state index contributed by atoms with van der Waals surface area (Å²) in [5.74, 6) is -4.29. The fraction of sp³-hybridized carbons (Fsp3) is 0.367. The zero-order valence-corrected chi connectivity index (χ0v) is 37.7. The van der Waals surface area contributed by atoms with Crippen LogP contribution >= 0.6 is 12.6 Å². The van der Waals surface area contributed by atoms with Crippen molar-refractivity contribution in [1.82, 2.24) is 31.5 Å². The zero-order chi connectivity index (χ0) is 46.9. The number of nitrogens with two attached hydrogens (primary N) is 2. The molecule has 0 unspecified atom stereocenters. The van der Waals surface area contributed by atoms with Gasteiger partial charge in [-0.2, -0.15) is 12.6 Å². The molecule has 0 aromatic heterocycles. The van der Waals surface area contributed by atoms with Crippen LogP contribution < -0.4 is 38.1 Å². The zero-order valence-electron chi connectivity index (χ0n) is 36.8. The lowest BCUT2D eigenvalue weighted by molar-refractivity contribution is -0.141. The maximum Gasteiger partial charge on any atom is 0.246 e. The number of fused-ring (bicyclic) bond motifs is 1. The van der Waals surface area contributed by atoms with Crippen LogP contribution in [-0.4, -0.2) is 101 Å². The van der Waals surface area contributed by atoms with E-state index in [2.05, 4.69) is 39.2 Å². The van der Waals surface area contributed by atoms with Crippen molar-refractivity contribution in [2.75, 3.05) is 19.6 Å². The Morgan fingerprint density at radius 3 is 2.08 bits per heavy atom. The summed E-state index contributed by atoms with van der Waals surface area (Å²) in [6.45, 7) is 3.35. The standard InChI is InChI=1S/C49H60N8O7S/c1-49(2,65)43(44(51)60)56-46(62)38(29-33-16-7-4-8-17-33)55-45(61)37(20-11-12-26-50)53-42(59)31-52-47(63)40-21-13-27-57(40)48(64)39(54-41(58)25-23-32-14-5-3-6-15-32)30-34-22-24-35-18-9-10-19-36(35)28-34/h3-10,14-19,22-25,28,37-40,43,65H,11-13,20-21,26-27,29-31,50H2,1-2H3,(H2,51,60)(H,52,63)(H,53,59)(H,54,58)(H,55,61)(H,56,62)/b25-23+/t37-,38-,39-,40-,43+/m0/s1. The molecule has 4 aromatic rings. The molecule has 9 N–H and O–H groups in total. The Morgan fingerprint density at radius 2 is 1.40 bits per heavy atom. The normalized spacial score (nSPS) is 15.6. The predicted molar refractivity (Wildman–Crippen MR) is 254 cm³/mol. The Labute approximate surface area is 385 Å². The maximum atomic E-state index is 14.3. The van der Waals surface area contributed by atoms with E-state index < -0.39 is 82.9 Å². The minimum Gasteiger partial charge on any atom is -0.368 e. The number of nitrogens with zero attached hydrogens (tertiary/aromatic N) is 1. The SMILES string of the molecule is CC(C)(S)[C@H](NC(=O)[C@H](Cc1ccccc1)NC(=O)[C@H](CCCCN)NC(=O)CNC(=O)[C@@H]1CCCN1C(=O)[C@H](Cc1ccc2ccccc2c1)NC(=O)/C=C/c1ccccc1)C(N)=O. The molecule has 4 aromatic carbocycles. The van der Waals surface area contributed by atoms with Gasteiger partial charge in [-0.1, -0.05) is 103 Å². The van der Waals surface area contributed by atoms with Crippen LogP contribution in [-0.2, 0) is 46.4 Å². The van der Waals surface area contributed by atoms with E-state index in [1.54, 1.807) is 44.2 Å². The van der Waals surface area contributed by atoms with Crippen molar-refractivity contribution >= 4 is 70.8 Å². The van der Waals surface area contributed by atoms with E-state index in [1.165, 1.54) is 11.0 Å². The molecule has 5 rings (SSSR count). The average Bonchev–Trinajstić information content (AvgIpc) is 3.79. The first kappa shape index (κ1) is 49.5. The molecular formula is C49H60N8O7S. The number of thiol groups is 1. The van der Waals surface area contributed by atoms with Gasteiger partial charge in [0.1, 0.15) is 30.2 Å². The van der Waals surface area contributed by atoms with E-state index in [9.17, 15) is 33.6 Å². The Balaban J connectivity index is 1.26. The molecule has 0 radical (unpaired) electrons. The molecule has 1 aliphatic heterocycles. The molecule has 7 amide bonds. The molecule has 1 saturated heterocycles. The molecule has 15 nitrogen and oxygen atoms in total. The Kier molecular flexibility index (Phi) is 18.2. The van der Waals surface area contributed by atoms with E-state index >= 15 is 0 Å². The number of rotatable bonds is 22. The lowest BCUT2D eigenvalue weighted by Gasteiger charge is -2.30. The van der Waals surface area contributed by atoms with E-state index in [-0.39, 0.29) is 25.8 Å². The Hall–Kier alpha value is -6.52. The summed E-state index contributed by atoms with van der Waals surface area (Å²) >= 11 is 4.44.